The zero-order chi connectivity index (χ0) is 27.8. The molecule has 3 heterocycles. The highest BCUT2D eigenvalue weighted by Gasteiger charge is 2.52. The summed E-state index contributed by atoms with van der Waals surface area (Å²) in [6, 6.07) is 9.11. The summed E-state index contributed by atoms with van der Waals surface area (Å²) in [5.74, 6) is 1.19. The maximum Gasteiger partial charge on any atom is 0.410 e. The number of piperidine rings is 1. The first kappa shape index (κ1) is 28.4. The average Bonchev–Trinajstić information content (AvgIpc) is 2.87. The van der Waals surface area contributed by atoms with E-state index in [1.807, 2.05) is 25.7 Å². The number of rotatable bonds is 5. The van der Waals surface area contributed by atoms with Crippen molar-refractivity contribution in [2.45, 2.75) is 96.7 Å². The standard InChI is InChI=1S/C32H49N3O4/c1-23(2)26-10-6-7-11-27(26)28-20-33(19-24-9-8-16-38-22-24)21-29(36)35(28)25-17-32(18-25)12-14-34(15-13-32)30(37)39-31(3,4)5/h6-7,10-11,23-25,28H,8-9,12-22H2,1-5H3. The predicted molar refractivity (Wildman–Crippen MR) is 153 cm³/mol. The summed E-state index contributed by atoms with van der Waals surface area (Å²) in [5, 5.41) is 0. The minimum Gasteiger partial charge on any atom is -0.444 e. The largest absolute Gasteiger partial charge is 0.444 e. The van der Waals surface area contributed by atoms with Gasteiger partial charge in [-0.3, -0.25) is 9.69 Å². The van der Waals surface area contributed by atoms with E-state index < -0.39 is 5.60 Å². The lowest BCUT2D eigenvalue weighted by Crippen LogP contribution is -2.62. The molecule has 1 saturated carbocycles. The van der Waals surface area contributed by atoms with Crippen LogP contribution in [0.15, 0.2) is 24.3 Å². The third kappa shape index (κ3) is 6.45. The van der Waals surface area contributed by atoms with Gasteiger partial charge in [0.1, 0.15) is 5.60 Å². The maximum atomic E-state index is 13.9. The molecule has 1 aromatic rings. The molecule has 1 spiro atoms. The van der Waals surface area contributed by atoms with Crippen LogP contribution in [0.3, 0.4) is 0 Å². The average molecular weight is 540 g/mol. The molecule has 1 aromatic carbocycles. The predicted octanol–water partition coefficient (Wildman–Crippen LogP) is 5.60. The molecule has 2 amide bonds. The third-order valence-corrected chi connectivity index (χ3v) is 9.37. The van der Waals surface area contributed by atoms with Gasteiger partial charge in [0, 0.05) is 38.8 Å². The Hall–Kier alpha value is -2.12. The van der Waals surface area contributed by atoms with Crippen LogP contribution in [0, 0.1) is 11.3 Å². The first-order valence-electron chi connectivity index (χ1n) is 15.2. The van der Waals surface area contributed by atoms with Gasteiger partial charge in [0.2, 0.25) is 5.91 Å². The monoisotopic (exact) mass is 539 g/mol. The Kier molecular flexibility index (Phi) is 8.30. The number of hydrogen-bond donors (Lipinski definition) is 0. The van der Waals surface area contributed by atoms with Crippen LogP contribution in [0.5, 0.6) is 0 Å². The fourth-order valence-electron chi connectivity index (χ4n) is 7.38. The molecule has 0 aromatic heterocycles. The van der Waals surface area contributed by atoms with Gasteiger partial charge >= 0.3 is 6.09 Å². The van der Waals surface area contributed by atoms with Crippen molar-refractivity contribution in [1.29, 1.82) is 0 Å². The van der Waals surface area contributed by atoms with Crippen LogP contribution in [0.4, 0.5) is 4.79 Å². The number of piperazine rings is 1. The smallest absolute Gasteiger partial charge is 0.410 e. The highest BCUT2D eigenvalue weighted by atomic mass is 16.6. The number of nitrogens with zero attached hydrogens (tertiary/aromatic N) is 3. The van der Waals surface area contributed by atoms with Crippen LogP contribution in [0.25, 0.3) is 0 Å². The van der Waals surface area contributed by atoms with Crippen molar-refractivity contribution >= 4 is 12.0 Å². The van der Waals surface area contributed by atoms with Crippen LogP contribution in [0.1, 0.15) is 96.2 Å². The van der Waals surface area contributed by atoms with E-state index in [0.717, 1.165) is 71.5 Å². The second kappa shape index (κ2) is 11.4. The van der Waals surface area contributed by atoms with Gasteiger partial charge in [-0.15, -0.1) is 0 Å². The molecule has 3 saturated heterocycles. The van der Waals surface area contributed by atoms with Crippen molar-refractivity contribution in [2.24, 2.45) is 11.3 Å². The molecule has 2 atom stereocenters. The quantitative estimate of drug-likeness (QED) is 0.487. The van der Waals surface area contributed by atoms with E-state index in [1.165, 1.54) is 17.5 Å². The topological polar surface area (TPSA) is 62.3 Å². The van der Waals surface area contributed by atoms with Crippen LogP contribution in [0.2, 0.25) is 0 Å². The Bertz CT molecular complexity index is 1010. The van der Waals surface area contributed by atoms with Gasteiger partial charge in [0.25, 0.3) is 0 Å². The molecule has 7 heteroatoms. The third-order valence-electron chi connectivity index (χ3n) is 9.37. The summed E-state index contributed by atoms with van der Waals surface area (Å²) < 4.78 is 11.4. The lowest BCUT2D eigenvalue weighted by molar-refractivity contribution is -0.153. The molecule has 216 valence electrons. The Morgan fingerprint density at radius 3 is 2.51 bits per heavy atom. The van der Waals surface area contributed by atoms with Crippen LogP contribution >= 0.6 is 0 Å². The minimum absolute atomic E-state index is 0.0820. The lowest BCUT2D eigenvalue weighted by Gasteiger charge is -2.58. The summed E-state index contributed by atoms with van der Waals surface area (Å²) in [6.07, 6.45) is 6.17. The lowest BCUT2D eigenvalue weighted by atomic mass is 9.59. The second-order valence-electron chi connectivity index (χ2n) is 13.9. The van der Waals surface area contributed by atoms with E-state index in [4.69, 9.17) is 9.47 Å². The van der Waals surface area contributed by atoms with E-state index in [1.54, 1.807) is 0 Å². The van der Waals surface area contributed by atoms with Crippen molar-refractivity contribution in [3.63, 3.8) is 0 Å². The SMILES string of the molecule is CC(C)c1ccccc1C1CN(CC2CCCOC2)CC(=O)N1C1CC2(CCN(C(=O)OC(C)(C)C)CC2)C1. The van der Waals surface area contributed by atoms with Gasteiger partial charge in [-0.2, -0.15) is 0 Å². The molecule has 4 fully saturated rings. The van der Waals surface area contributed by atoms with E-state index in [0.29, 0.717) is 18.4 Å². The number of amides is 2. The number of ether oxygens (including phenoxy) is 2. The van der Waals surface area contributed by atoms with Gasteiger partial charge in [-0.1, -0.05) is 38.1 Å². The Balaban J connectivity index is 1.28. The molecular formula is C32H49N3O4. The Morgan fingerprint density at radius 2 is 1.87 bits per heavy atom. The highest BCUT2D eigenvalue weighted by molar-refractivity contribution is 5.80. The first-order chi connectivity index (χ1) is 18.5. The fraction of sp³-hybridized carbons (Fsp3) is 0.750. The zero-order valence-electron chi connectivity index (χ0n) is 24.8. The summed E-state index contributed by atoms with van der Waals surface area (Å²) in [6.45, 7) is 15.8. The van der Waals surface area contributed by atoms with Crippen molar-refractivity contribution in [3.05, 3.63) is 35.4 Å². The van der Waals surface area contributed by atoms with Crippen molar-refractivity contribution in [2.75, 3.05) is 45.9 Å². The highest BCUT2D eigenvalue weighted by Crippen LogP contribution is 2.53. The second-order valence-corrected chi connectivity index (χ2v) is 13.9. The van der Waals surface area contributed by atoms with Crippen LogP contribution in [-0.2, 0) is 14.3 Å². The molecule has 5 rings (SSSR count). The van der Waals surface area contributed by atoms with Gasteiger partial charge < -0.3 is 19.3 Å². The zero-order valence-corrected chi connectivity index (χ0v) is 24.8. The molecule has 4 aliphatic rings. The Labute approximate surface area is 235 Å². The van der Waals surface area contributed by atoms with Crippen molar-refractivity contribution in [1.82, 2.24) is 14.7 Å². The summed E-state index contributed by atoms with van der Waals surface area (Å²) >= 11 is 0. The number of carbonyl (C=O) groups excluding carboxylic acids is 2. The number of carbonyl (C=O) groups is 2. The molecule has 3 aliphatic heterocycles. The van der Waals surface area contributed by atoms with Crippen LogP contribution in [-0.4, -0.2) is 84.3 Å². The van der Waals surface area contributed by atoms with E-state index in [-0.39, 0.29) is 29.5 Å². The first-order valence-corrected chi connectivity index (χ1v) is 15.2. The van der Waals surface area contributed by atoms with E-state index in [9.17, 15) is 9.59 Å². The molecule has 0 bridgehead atoms. The minimum atomic E-state index is -0.471. The van der Waals surface area contributed by atoms with Gasteiger partial charge in [-0.25, -0.2) is 4.79 Å². The summed E-state index contributed by atoms with van der Waals surface area (Å²) in [7, 11) is 0. The van der Waals surface area contributed by atoms with Crippen LogP contribution < -0.4 is 0 Å². The number of likely N-dealkylation sites (tertiary alicyclic amines) is 1. The van der Waals surface area contributed by atoms with Crippen molar-refractivity contribution in [3.8, 4) is 0 Å². The van der Waals surface area contributed by atoms with Gasteiger partial charge in [-0.05, 0) is 87.7 Å². The summed E-state index contributed by atoms with van der Waals surface area (Å²) in [5.41, 5.74) is 2.43. The van der Waals surface area contributed by atoms with E-state index in [2.05, 4.69) is 47.9 Å². The Morgan fingerprint density at radius 1 is 1.15 bits per heavy atom. The molecule has 0 radical (unpaired) electrons. The van der Waals surface area contributed by atoms with Gasteiger partial charge in [0.15, 0.2) is 0 Å². The number of hydrogen-bond acceptors (Lipinski definition) is 5. The van der Waals surface area contributed by atoms with Gasteiger partial charge in [0.05, 0.1) is 19.2 Å². The van der Waals surface area contributed by atoms with Crippen molar-refractivity contribution < 1.29 is 19.1 Å². The molecular weight excluding hydrogens is 490 g/mol. The normalized spacial score (nSPS) is 26.7. The molecule has 0 N–H and O–H groups in total. The summed E-state index contributed by atoms with van der Waals surface area (Å²) in [4.78, 5) is 33.0. The molecule has 1 aliphatic carbocycles. The number of benzene rings is 1. The molecule has 7 nitrogen and oxygen atoms in total. The maximum absolute atomic E-state index is 13.9. The van der Waals surface area contributed by atoms with E-state index >= 15 is 0 Å². The molecule has 39 heavy (non-hydrogen) atoms. The fourth-order valence-corrected chi connectivity index (χ4v) is 7.38. The molecule has 2 unspecified atom stereocenters.